The van der Waals surface area contributed by atoms with Gasteiger partial charge in [-0.1, -0.05) is 0 Å². The van der Waals surface area contributed by atoms with Crippen LogP contribution in [0.2, 0.25) is 0 Å². The molecule has 0 saturated carbocycles. The van der Waals surface area contributed by atoms with Crippen LogP contribution < -0.4 is 10.1 Å². The number of ether oxygens (including phenoxy) is 1. The summed E-state index contributed by atoms with van der Waals surface area (Å²) >= 11 is 0. The highest BCUT2D eigenvalue weighted by atomic mass is 19.1. The van der Waals surface area contributed by atoms with Crippen molar-refractivity contribution in [2.24, 2.45) is 5.92 Å². The number of phenols is 1. The predicted molar refractivity (Wildman–Crippen MR) is 63.9 cm³/mol. The maximum absolute atomic E-state index is 13.7. The first-order chi connectivity index (χ1) is 8.22. The van der Waals surface area contributed by atoms with Gasteiger partial charge in [0.25, 0.3) is 0 Å². The van der Waals surface area contributed by atoms with Gasteiger partial charge in [0.2, 0.25) is 0 Å². The van der Waals surface area contributed by atoms with Gasteiger partial charge in [-0.05, 0) is 50.4 Å². The molecule has 1 saturated heterocycles. The molecule has 1 fully saturated rings. The molecule has 1 aliphatic rings. The molecule has 0 bridgehead atoms. The average molecular weight is 239 g/mol. The Kier molecular flexibility index (Phi) is 3.84. The van der Waals surface area contributed by atoms with Gasteiger partial charge in [0, 0.05) is 5.56 Å². The molecule has 94 valence electrons. The standard InChI is InChI=1S/C13H18FNO2/c1-17-12-3-2-11(14)10(13(12)16)8-9-4-6-15-7-5-9/h2-3,9,15-16H,4-8H2,1H3. The quantitative estimate of drug-likeness (QED) is 0.848. The highest BCUT2D eigenvalue weighted by Crippen LogP contribution is 2.34. The SMILES string of the molecule is COc1ccc(F)c(CC2CCNCC2)c1O. The van der Waals surface area contributed by atoms with Crippen molar-refractivity contribution in [1.82, 2.24) is 5.32 Å². The van der Waals surface area contributed by atoms with Gasteiger partial charge in [0.1, 0.15) is 5.82 Å². The number of hydrogen-bond donors (Lipinski definition) is 2. The smallest absolute Gasteiger partial charge is 0.163 e. The van der Waals surface area contributed by atoms with Crippen LogP contribution in [-0.4, -0.2) is 25.3 Å². The molecule has 0 aromatic heterocycles. The average Bonchev–Trinajstić information content (AvgIpc) is 2.36. The van der Waals surface area contributed by atoms with Crippen molar-refractivity contribution < 1.29 is 14.2 Å². The Labute approximate surface area is 101 Å². The third-order valence-electron chi connectivity index (χ3n) is 3.36. The third-order valence-corrected chi connectivity index (χ3v) is 3.36. The fraction of sp³-hybridized carbons (Fsp3) is 0.538. The molecule has 2 rings (SSSR count). The number of phenolic OH excluding ortho intramolecular Hbond substituents is 1. The summed E-state index contributed by atoms with van der Waals surface area (Å²) in [5.41, 5.74) is 0.385. The Balaban J connectivity index is 2.18. The lowest BCUT2D eigenvalue weighted by Gasteiger charge is -2.23. The summed E-state index contributed by atoms with van der Waals surface area (Å²) < 4.78 is 18.7. The Hall–Kier alpha value is -1.29. The molecule has 0 radical (unpaired) electrons. The monoisotopic (exact) mass is 239 g/mol. The number of benzene rings is 1. The van der Waals surface area contributed by atoms with Crippen LogP contribution in [-0.2, 0) is 6.42 Å². The van der Waals surface area contributed by atoms with Crippen LogP contribution in [0.3, 0.4) is 0 Å². The lowest BCUT2D eigenvalue weighted by Crippen LogP contribution is -2.28. The minimum Gasteiger partial charge on any atom is -0.504 e. The van der Waals surface area contributed by atoms with Gasteiger partial charge in [0.15, 0.2) is 11.5 Å². The van der Waals surface area contributed by atoms with E-state index in [0.29, 0.717) is 23.7 Å². The summed E-state index contributed by atoms with van der Waals surface area (Å²) in [6.45, 7) is 1.94. The molecule has 4 heteroatoms. The summed E-state index contributed by atoms with van der Waals surface area (Å²) in [4.78, 5) is 0. The van der Waals surface area contributed by atoms with Gasteiger partial charge in [-0.2, -0.15) is 0 Å². The molecular formula is C13H18FNO2. The Bertz CT molecular complexity index is 389. The summed E-state index contributed by atoms with van der Waals surface area (Å²) in [7, 11) is 1.47. The van der Waals surface area contributed by atoms with E-state index < -0.39 is 0 Å². The van der Waals surface area contributed by atoms with Crippen LogP contribution in [0.15, 0.2) is 12.1 Å². The minimum absolute atomic E-state index is 0.0500. The van der Waals surface area contributed by atoms with E-state index in [4.69, 9.17) is 4.74 Å². The maximum Gasteiger partial charge on any atom is 0.163 e. The first-order valence-electron chi connectivity index (χ1n) is 5.97. The van der Waals surface area contributed by atoms with Gasteiger partial charge >= 0.3 is 0 Å². The third kappa shape index (κ3) is 2.69. The lowest BCUT2D eigenvalue weighted by molar-refractivity contribution is 0.345. The number of nitrogens with one attached hydrogen (secondary N) is 1. The van der Waals surface area contributed by atoms with E-state index >= 15 is 0 Å². The molecule has 0 amide bonds. The van der Waals surface area contributed by atoms with E-state index in [0.717, 1.165) is 25.9 Å². The van der Waals surface area contributed by atoms with Crippen molar-refractivity contribution in [2.45, 2.75) is 19.3 Å². The van der Waals surface area contributed by atoms with Gasteiger partial charge < -0.3 is 15.2 Å². The molecule has 0 spiro atoms. The van der Waals surface area contributed by atoms with Crippen LogP contribution in [0, 0.1) is 11.7 Å². The Morgan fingerprint density at radius 2 is 2.12 bits per heavy atom. The van der Waals surface area contributed by atoms with Crippen molar-refractivity contribution in [2.75, 3.05) is 20.2 Å². The zero-order chi connectivity index (χ0) is 12.3. The fourth-order valence-corrected chi connectivity index (χ4v) is 2.32. The van der Waals surface area contributed by atoms with E-state index in [1.807, 2.05) is 0 Å². The second-order valence-corrected chi connectivity index (χ2v) is 4.47. The summed E-state index contributed by atoms with van der Waals surface area (Å²) in [6, 6.07) is 2.81. The largest absolute Gasteiger partial charge is 0.504 e. The van der Waals surface area contributed by atoms with E-state index in [9.17, 15) is 9.50 Å². The molecule has 1 aromatic carbocycles. The molecule has 3 nitrogen and oxygen atoms in total. The number of methoxy groups -OCH3 is 1. The fourth-order valence-electron chi connectivity index (χ4n) is 2.32. The van der Waals surface area contributed by atoms with E-state index in [1.54, 1.807) is 0 Å². The number of halogens is 1. The van der Waals surface area contributed by atoms with Crippen molar-refractivity contribution >= 4 is 0 Å². The van der Waals surface area contributed by atoms with E-state index in [1.165, 1.54) is 19.2 Å². The maximum atomic E-state index is 13.7. The molecule has 0 aliphatic carbocycles. The zero-order valence-corrected chi connectivity index (χ0v) is 10.0. The van der Waals surface area contributed by atoms with Gasteiger partial charge in [-0.3, -0.25) is 0 Å². The molecule has 1 heterocycles. The molecule has 1 aromatic rings. The second-order valence-electron chi connectivity index (χ2n) is 4.47. The lowest BCUT2D eigenvalue weighted by atomic mass is 9.90. The Morgan fingerprint density at radius 3 is 2.76 bits per heavy atom. The topological polar surface area (TPSA) is 41.5 Å². The minimum atomic E-state index is -0.346. The van der Waals surface area contributed by atoms with Crippen molar-refractivity contribution in [3.05, 3.63) is 23.5 Å². The van der Waals surface area contributed by atoms with Crippen LogP contribution in [0.4, 0.5) is 4.39 Å². The zero-order valence-electron chi connectivity index (χ0n) is 10.0. The highest BCUT2D eigenvalue weighted by molar-refractivity contribution is 5.46. The van der Waals surface area contributed by atoms with Crippen LogP contribution in [0.1, 0.15) is 18.4 Å². The summed E-state index contributed by atoms with van der Waals surface area (Å²) in [5, 5.41) is 13.2. The highest BCUT2D eigenvalue weighted by Gasteiger charge is 2.19. The molecule has 0 atom stereocenters. The normalized spacial score (nSPS) is 17.1. The van der Waals surface area contributed by atoms with Crippen molar-refractivity contribution in [3.8, 4) is 11.5 Å². The number of hydrogen-bond acceptors (Lipinski definition) is 3. The van der Waals surface area contributed by atoms with E-state index in [2.05, 4.69) is 5.32 Å². The molecule has 17 heavy (non-hydrogen) atoms. The van der Waals surface area contributed by atoms with Gasteiger partial charge in [-0.15, -0.1) is 0 Å². The van der Waals surface area contributed by atoms with Crippen LogP contribution >= 0.6 is 0 Å². The first kappa shape index (κ1) is 12.2. The summed E-state index contributed by atoms with van der Waals surface area (Å²) in [5.74, 6) is 0.381. The van der Waals surface area contributed by atoms with Crippen molar-refractivity contribution in [1.29, 1.82) is 0 Å². The van der Waals surface area contributed by atoms with Crippen molar-refractivity contribution in [3.63, 3.8) is 0 Å². The second kappa shape index (κ2) is 5.36. The predicted octanol–water partition coefficient (Wildman–Crippen LogP) is 2.08. The van der Waals surface area contributed by atoms with Crippen LogP contribution in [0.25, 0.3) is 0 Å². The van der Waals surface area contributed by atoms with E-state index in [-0.39, 0.29) is 11.6 Å². The summed E-state index contributed by atoms with van der Waals surface area (Å²) in [6.07, 6.45) is 2.63. The van der Waals surface area contributed by atoms with Gasteiger partial charge in [0.05, 0.1) is 7.11 Å². The molecule has 2 N–H and O–H groups in total. The molecule has 0 unspecified atom stereocenters. The Morgan fingerprint density at radius 1 is 1.41 bits per heavy atom. The van der Waals surface area contributed by atoms with Crippen LogP contribution in [0.5, 0.6) is 11.5 Å². The first-order valence-corrected chi connectivity index (χ1v) is 5.97. The number of rotatable bonds is 3. The number of piperidine rings is 1. The number of aromatic hydroxyl groups is 1. The molecule has 1 aliphatic heterocycles. The van der Waals surface area contributed by atoms with Gasteiger partial charge in [-0.25, -0.2) is 4.39 Å². The molecular weight excluding hydrogens is 221 g/mol.